The van der Waals surface area contributed by atoms with E-state index in [1.165, 1.54) is 12.8 Å². The zero-order valence-electron chi connectivity index (χ0n) is 11.9. The van der Waals surface area contributed by atoms with Crippen LogP contribution in [0.4, 0.5) is 0 Å². The Balaban J connectivity index is 1.95. The van der Waals surface area contributed by atoms with Crippen molar-refractivity contribution in [1.29, 1.82) is 0 Å². The molecule has 4 N–H and O–H groups in total. The zero-order chi connectivity index (χ0) is 14.5. The largest absolute Gasteiger partial charge is 0.370 e. The van der Waals surface area contributed by atoms with Crippen molar-refractivity contribution in [2.75, 3.05) is 13.1 Å². The lowest BCUT2D eigenvalue weighted by molar-refractivity contribution is 0.100. The maximum atomic E-state index is 11.0. The Morgan fingerprint density at radius 2 is 2.05 bits per heavy atom. The summed E-state index contributed by atoms with van der Waals surface area (Å²) in [6, 6.07) is 7.14. The Bertz CT molecular complexity index is 495. The molecule has 1 aliphatic heterocycles. The summed E-state index contributed by atoms with van der Waals surface area (Å²) in [4.78, 5) is 17.6. The van der Waals surface area contributed by atoms with Gasteiger partial charge in [0.05, 0.1) is 6.54 Å². The van der Waals surface area contributed by atoms with Crippen molar-refractivity contribution in [2.24, 2.45) is 22.4 Å². The van der Waals surface area contributed by atoms with Gasteiger partial charge in [0.25, 0.3) is 0 Å². The maximum absolute atomic E-state index is 11.0. The number of benzene rings is 1. The highest BCUT2D eigenvalue weighted by Gasteiger charge is 2.17. The molecule has 0 saturated carbocycles. The fourth-order valence-electron chi connectivity index (χ4n) is 2.44. The molecule has 0 aromatic heterocycles. The molecule has 1 unspecified atom stereocenters. The molecule has 5 nitrogen and oxygen atoms in total. The minimum Gasteiger partial charge on any atom is -0.370 e. The first kappa shape index (κ1) is 14.4. The first-order valence-corrected chi connectivity index (χ1v) is 7.00. The Hall–Kier alpha value is -2.04. The number of rotatable bonds is 3. The molecule has 1 aromatic carbocycles. The van der Waals surface area contributed by atoms with E-state index in [2.05, 4.69) is 16.8 Å². The van der Waals surface area contributed by atoms with Crippen LogP contribution in [0.15, 0.2) is 29.3 Å². The molecular weight excluding hydrogens is 252 g/mol. The van der Waals surface area contributed by atoms with Gasteiger partial charge in [-0.1, -0.05) is 19.1 Å². The first-order chi connectivity index (χ1) is 9.56. The van der Waals surface area contributed by atoms with Crippen LogP contribution < -0.4 is 11.5 Å². The zero-order valence-corrected chi connectivity index (χ0v) is 11.9. The van der Waals surface area contributed by atoms with Crippen molar-refractivity contribution < 1.29 is 4.79 Å². The van der Waals surface area contributed by atoms with Gasteiger partial charge in [-0.2, -0.15) is 0 Å². The first-order valence-electron chi connectivity index (χ1n) is 7.00. The van der Waals surface area contributed by atoms with E-state index in [-0.39, 0.29) is 0 Å². The number of primary amides is 1. The minimum atomic E-state index is -0.415. The Morgan fingerprint density at radius 1 is 1.35 bits per heavy atom. The monoisotopic (exact) mass is 274 g/mol. The van der Waals surface area contributed by atoms with E-state index in [0.717, 1.165) is 18.7 Å². The van der Waals surface area contributed by atoms with Gasteiger partial charge in [0, 0.05) is 18.7 Å². The van der Waals surface area contributed by atoms with E-state index in [1.807, 2.05) is 12.1 Å². The molecule has 1 aliphatic rings. The molecule has 20 heavy (non-hydrogen) atoms. The fraction of sp³-hybridized carbons (Fsp3) is 0.467. The molecule has 0 aliphatic carbocycles. The van der Waals surface area contributed by atoms with E-state index in [1.54, 1.807) is 12.1 Å². The second kappa shape index (κ2) is 6.41. The van der Waals surface area contributed by atoms with Crippen LogP contribution in [0.1, 0.15) is 35.7 Å². The van der Waals surface area contributed by atoms with Crippen molar-refractivity contribution >= 4 is 11.9 Å². The van der Waals surface area contributed by atoms with Crippen LogP contribution in [0.2, 0.25) is 0 Å². The Morgan fingerprint density at radius 3 is 2.65 bits per heavy atom. The van der Waals surface area contributed by atoms with Crippen LogP contribution >= 0.6 is 0 Å². The quantitative estimate of drug-likeness (QED) is 0.644. The van der Waals surface area contributed by atoms with Crippen LogP contribution in [-0.2, 0) is 6.54 Å². The highest BCUT2D eigenvalue weighted by molar-refractivity contribution is 5.92. The molecule has 2 rings (SSSR count). The number of piperidine rings is 1. The smallest absolute Gasteiger partial charge is 0.248 e. The van der Waals surface area contributed by atoms with Crippen molar-refractivity contribution in [1.82, 2.24) is 4.90 Å². The van der Waals surface area contributed by atoms with Gasteiger partial charge >= 0.3 is 0 Å². The van der Waals surface area contributed by atoms with Crippen LogP contribution in [0.25, 0.3) is 0 Å². The molecule has 0 spiro atoms. The third-order valence-electron chi connectivity index (χ3n) is 3.64. The van der Waals surface area contributed by atoms with E-state index >= 15 is 0 Å². The molecule has 1 amide bonds. The summed E-state index contributed by atoms with van der Waals surface area (Å²) >= 11 is 0. The minimum absolute atomic E-state index is 0.415. The summed E-state index contributed by atoms with van der Waals surface area (Å²) in [7, 11) is 0. The van der Waals surface area contributed by atoms with Gasteiger partial charge in [0.15, 0.2) is 5.96 Å². The van der Waals surface area contributed by atoms with Gasteiger partial charge in [0.2, 0.25) is 5.91 Å². The molecule has 108 valence electrons. The van der Waals surface area contributed by atoms with Crippen LogP contribution in [0.5, 0.6) is 0 Å². The number of guanidine groups is 1. The number of amides is 1. The number of nitrogens with two attached hydrogens (primary N) is 2. The highest BCUT2D eigenvalue weighted by Crippen LogP contribution is 2.15. The molecule has 5 heteroatoms. The van der Waals surface area contributed by atoms with Gasteiger partial charge in [0.1, 0.15) is 0 Å². The van der Waals surface area contributed by atoms with Gasteiger partial charge < -0.3 is 16.4 Å². The molecule has 1 atom stereocenters. The predicted molar refractivity (Wildman–Crippen MR) is 80.3 cm³/mol. The maximum Gasteiger partial charge on any atom is 0.248 e. The molecule has 0 bridgehead atoms. The van der Waals surface area contributed by atoms with E-state index in [4.69, 9.17) is 11.5 Å². The lowest BCUT2D eigenvalue weighted by Gasteiger charge is -2.31. The number of hydrogen-bond acceptors (Lipinski definition) is 2. The fourth-order valence-corrected chi connectivity index (χ4v) is 2.44. The number of nitrogens with zero attached hydrogens (tertiary/aromatic N) is 2. The molecular formula is C15H22N4O. The SMILES string of the molecule is CC1CCCN(C(N)=NCc2ccc(C(N)=O)cc2)C1. The van der Waals surface area contributed by atoms with Gasteiger partial charge in [-0.05, 0) is 36.5 Å². The normalized spacial score (nSPS) is 19.9. The van der Waals surface area contributed by atoms with Gasteiger partial charge in [-0.15, -0.1) is 0 Å². The van der Waals surface area contributed by atoms with Crippen LogP contribution in [-0.4, -0.2) is 29.9 Å². The third kappa shape index (κ3) is 3.73. The van der Waals surface area contributed by atoms with Crippen molar-refractivity contribution in [2.45, 2.75) is 26.3 Å². The number of carbonyl (C=O) groups excluding carboxylic acids is 1. The van der Waals surface area contributed by atoms with E-state index in [9.17, 15) is 4.79 Å². The van der Waals surface area contributed by atoms with Gasteiger partial charge in [-0.3, -0.25) is 4.79 Å². The summed E-state index contributed by atoms with van der Waals surface area (Å²) in [5, 5.41) is 0. The topological polar surface area (TPSA) is 84.7 Å². The molecule has 1 fully saturated rings. The lowest BCUT2D eigenvalue weighted by atomic mass is 10.0. The number of likely N-dealkylation sites (tertiary alicyclic amines) is 1. The predicted octanol–water partition coefficient (Wildman–Crippen LogP) is 1.33. The average Bonchev–Trinajstić information content (AvgIpc) is 2.45. The second-order valence-corrected chi connectivity index (χ2v) is 5.43. The standard InChI is InChI=1S/C15H22N4O/c1-11-3-2-8-19(10-11)15(17)18-9-12-4-6-13(7-5-12)14(16)20/h4-7,11H,2-3,8-10H2,1H3,(H2,16,20)(H2,17,18). The summed E-state index contributed by atoms with van der Waals surface area (Å²) < 4.78 is 0. The van der Waals surface area contributed by atoms with Crippen LogP contribution in [0.3, 0.4) is 0 Å². The summed E-state index contributed by atoms with van der Waals surface area (Å²) in [5.74, 6) is 0.866. The Kier molecular flexibility index (Phi) is 4.61. The van der Waals surface area contributed by atoms with Crippen LogP contribution in [0, 0.1) is 5.92 Å². The van der Waals surface area contributed by atoms with Crippen molar-refractivity contribution in [3.63, 3.8) is 0 Å². The molecule has 1 heterocycles. The summed E-state index contributed by atoms with van der Waals surface area (Å²) in [6.45, 7) is 4.73. The summed E-state index contributed by atoms with van der Waals surface area (Å²) in [6.07, 6.45) is 2.43. The number of carbonyl (C=O) groups is 1. The summed E-state index contributed by atoms with van der Waals surface area (Å²) in [5.41, 5.74) is 12.8. The average molecular weight is 274 g/mol. The van der Waals surface area contributed by atoms with E-state index < -0.39 is 5.91 Å². The highest BCUT2D eigenvalue weighted by atomic mass is 16.1. The third-order valence-corrected chi connectivity index (χ3v) is 3.64. The molecule has 0 radical (unpaired) electrons. The Labute approximate surface area is 119 Å². The molecule has 1 saturated heterocycles. The van der Waals surface area contributed by atoms with E-state index in [0.29, 0.717) is 24.0 Å². The van der Waals surface area contributed by atoms with Gasteiger partial charge in [-0.25, -0.2) is 4.99 Å². The number of hydrogen-bond donors (Lipinski definition) is 2. The van der Waals surface area contributed by atoms with Crippen molar-refractivity contribution in [3.05, 3.63) is 35.4 Å². The molecule has 1 aromatic rings. The number of aliphatic imine (C=N–C) groups is 1. The second-order valence-electron chi connectivity index (χ2n) is 5.43. The lowest BCUT2D eigenvalue weighted by Crippen LogP contribution is -2.43. The van der Waals surface area contributed by atoms with Crippen molar-refractivity contribution in [3.8, 4) is 0 Å².